The second-order valence-corrected chi connectivity index (χ2v) is 13.9. The second-order valence-electron chi connectivity index (χ2n) is 7.88. The van der Waals surface area contributed by atoms with Crippen LogP contribution in [-0.2, 0) is 11.5 Å². The number of nitrogens with zero attached hydrogens (tertiary/aromatic N) is 2. The zero-order valence-electron chi connectivity index (χ0n) is 16.3. The first kappa shape index (κ1) is 20.7. The Bertz CT molecular complexity index is 825. The number of carboxylic acid groups (broad SMARTS) is 1. The molecule has 0 N–H and O–H groups in total. The third-order valence-corrected chi connectivity index (χ3v) is 6.45. The van der Waals surface area contributed by atoms with Crippen LogP contribution in [0, 0.1) is 20.8 Å². The highest BCUT2D eigenvalue weighted by Gasteiger charge is 2.19. The lowest BCUT2D eigenvalue weighted by Gasteiger charge is -2.17. The smallest absolute Gasteiger partial charge is 0.154 e. The number of benzene rings is 1. The lowest BCUT2D eigenvalue weighted by atomic mass is 9.96. The minimum atomic E-state index is -1.19. The summed E-state index contributed by atoms with van der Waals surface area (Å²) < 4.78 is 7.52. The van der Waals surface area contributed by atoms with Crippen LogP contribution in [0.4, 0.5) is 0 Å². The SMILES string of the molecule is Cc1cc(C)c(-c2c(C)c(Cl)nn2COCC[Si](C)(C)C)cc1C(=O)[O-]. The predicted molar refractivity (Wildman–Crippen MR) is 105 cm³/mol. The van der Waals surface area contributed by atoms with Crippen LogP contribution in [0.1, 0.15) is 27.0 Å². The molecular formula is C19H26ClN2O3Si-. The monoisotopic (exact) mass is 393 g/mol. The topological polar surface area (TPSA) is 67.2 Å². The Labute approximate surface area is 160 Å². The average molecular weight is 394 g/mol. The Balaban J connectivity index is 2.38. The van der Waals surface area contributed by atoms with Crippen molar-refractivity contribution in [1.82, 2.24) is 9.78 Å². The van der Waals surface area contributed by atoms with Crippen molar-refractivity contribution in [3.63, 3.8) is 0 Å². The summed E-state index contributed by atoms with van der Waals surface area (Å²) in [6.07, 6.45) is 0. The fourth-order valence-electron chi connectivity index (χ4n) is 2.81. The van der Waals surface area contributed by atoms with Crippen molar-refractivity contribution in [3.05, 3.63) is 39.5 Å². The van der Waals surface area contributed by atoms with Crippen molar-refractivity contribution in [2.45, 2.75) is 53.2 Å². The number of ether oxygens (including phenoxy) is 1. The van der Waals surface area contributed by atoms with Gasteiger partial charge in [-0.25, -0.2) is 4.68 Å². The molecule has 0 aliphatic rings. The van der Waals surface area contributed by atoms with E-state index in [4.69, 9.17) is 16.3 Å². The van der Waals surface area contributed by atoms with Crippen molar-refractivity contribution < 1.29 is 14.6 Å². The van der Waals surface area contributed by atoms with Crippen LogP contribution in [0.3, 0.4) is 0 Å². The van der Waals surface area contributed by atoms with Crippen LogP contribution >= 0.6 is 11.6 Å². The average Bonchev–Trinajstić information content (AvgIpc) is 2.78. The van der Waals surface area contributed by atoms with E-state index in [1.54, 1.807) is 17.7 Å². The summed E-state index contributed by atoms with van der Waals surface area (Å²) in [4.78, 5) is 11.4. The fraction of sp³-hybridized carbons (Fsp3) is 0.474. The number of aryl methyl sites for hydroxylation is 2. The summed E-state index contributed by atoms with van der Waals surface area (Å²) in [5.41, 5.74) is 4.16. The minimum absolute atomic E-state index is 0.175. The summed E-state index contributed by atoms with van der Waals surface area (Å²) in [5, 5.41) is 16.2. The van der Waals surface area contributed by atoms with Crippen molar-refractivity contribution in [2.24, 2.45) is 0 Å². The molecule has 1 heterocycles. The van der Waals surface area contributed by atoms with Crippen LogP contribution < -0.4 is 5.11 Å². The third kappa shape index (κ3) is 4.75. The van der Waals surface area contributed by atoms with Crippen LogP contribution in [0.15, 0.2) is 12.1 Å². The number of aromatic carboxylic acids is 1. The van der Waals surface area contributed by atoms with Gasteiger partial charge in [-0.15, -0.1) is 0 Å². The molecule has 5 nitrogen and oxygen atoms in total. The van der Waals surface area contributed by atoms with Crippen molar-refractivity contribution in [1.29, 1.82) is 0 Å². The number of carbonyl (C=O) groups is 1. The summed E-state index contributed by atoms with van der Waals surface area (Å²) in [6, 6.07) is 4.55. The first-order chi connectivity index (χ1) is 12.0. The van der Waals surface area contributed by atoms with Gasteiger partial charge in [0.15, 0.2) is 5.15 Å². The number of hydrogen-bond acceptors (Lipinski definition) is 4. The largest absolute Gasteiger partial charge is 0.545 e. The zero-order chi connectivity index (χ0) is 19.6. The highest BCUT2D eigenvalue weighted by atomic mass is 35.5. The Morgan fingerprint density at radius 3 is 2.46 bits per heavy atom. The van der Waals surface area contributed by atoms with E-state index in [1.165, 1.54) is 0 Å². The van der Waals surface area contributed by atoms with Crippen LogP contribution in [-0.4, -0.2) is 30.4 Å². The van der Waals surface area contributed by atoms with E-state index in [2.05, 4.69) is 24.7 Å². The number of hydrogen-bond donors (Lipinski definition) is 0. The lowest BCUT2D eigenvalue weighted by molar-refractivity contribution is -0.255. The van der Waals surface area contributed by atoms with Gasteiger partial charge in [0.05, 0.1) is 11.7 Å². The molecule has 0 bridgehead atoms. The van der Waals surface area contributed by atoms with Gasteiger partial charge in [-0.2, -0.15) is 5.10 Å². The summed E-state index contributed by atoms with van der Waals surface area (Å²) in [5.74, 6) is -1.19. The van der Waals surface area contributed by atoms with Gasteiger partial charge in [-0.05, 0) is 44.0 Å². The highest BCUT2D eigenvalue weighted by molar-refractivity contribution is 6.76. The molecule has 0 radical (unpaired) electrons. The molecule has 0 fully saturated rings. The number of carboxylic acids is 1. The van der Waals surface area contributed by atoms with E-state index in [1.807, 2.05) is 19.9 Å². The molecule has 0 spiro atoms. The van der Waals surface area contributed by atoms with Crippen LogP contribution in [0.25, 0.3) is 11.3 Å². The zero-order valence-corrected chi connectivity index (χ0v) is 18.0. The molecule has 0 aliphatic heterocycles. The van der Waals surface area contributed by atoms with E-state index in [9.17, 15) is 9.90 Å². The first-order valence-corrected chi connectivity index (χ1v) is 12.7. The molecule has 1 aromatic carbocycles. The lowest BCUT2D eigenvalue weighted by Crippen LogP contribution is -2.23. The van der Waals surface area contributed by atoms with E-state index >= 15 is 0 Å². The van der Waals surface area contributed by atoms with Gasteiger partial charge in [0.2, 0.25) is 0 Å². The number of rotatable bonds is 7. The Morgan fingerprint density at radius 2 is 1.88 bits per heavy atom. The number of halogens is 1. The maximum atomic E-state index is 11.4. The van der Waals surface area contributed by atoms with E-state index in [0.29, 0.717) is 17.3 Å². The summed E-state index contributed by atoms with van der Waals surface area (Å²) in [7, 11) is -1.17. The normalized spacial score (nSPS) is 11.8. The molecule has 0 aliphatic carbocycles. The second kappa shape index (κ2) is 7.94. The molecule has 2 aromatic rings. The van der Waals surface area contributed by atoms with Gasteiger partial charge >= 0.3 is 0 Å². The summed E-state index contributed by atoms with van der Waals surface area (Å²) >= 11 is 6.25. The van der Waals surface area contributed by atoms with Gasteiger partial charge in [0, 0.05) is 31.4 Å². The Kier molecular flexibility index (Phi) is 6.32. The first-order valence-electron chi connectivity index (χ1n) is 8.65. The molecule has 1 aromatic heterocycles. The Hall–Kier alpha value is -1.63. The molecule has 7 heteroatoms. The van der Waals surface area contributed by atoms with E-state index < -0.39 is 14.0 Å². The van der Waals surface area contributed by atoms with E-state index in [-0.39, 0.29) is 12.3 Å². The molecule has 0 atom stereocenters. The molecule has 26 heavy (non-hydrogen) atoms. The van der Waals surface area contributed by atoms with Crippen molar-refractivity contribution in [2.75, 3.05) is 6.61 Å². The van der Waals surface area contributed by atoms with Crippen LogP contribution in [0.2, 0.25) is 30.8 Å². The molecular weight excluding hydrogens is 368 g/mol. The van der Waals surface area contributed by atoms with Crippen molar-refractivity contribution >= 4 is 25.6 Å². The third-order valence-electron chi connectivity index (χ3n) is 4.39. The van der Waals surface area contributed by atoms with Crippen molar-refractivity contribution in [3.8, 4) is 11.3 Å². The highest BCUT2D eigenvalue weighted by Crippen LogP contribution is 2.32. The van der Waals surface area contributed by atoms with Crippen LogP contribution in [0.5, 0.6) is 0 Å². The quantitative estimate of drug-likeness (QED) is 0.530. The van der Waals surface area contributed by atoms with E-state index in [0.717, 1.165) is 28.4 Å². The predicted octanol–water partition coefficient (Wildman–Crippen LogP) is 3.80. The molecule has 0 unspecified atom stereocenters. The van der Waals surface area contributed by atoms with Gasteiger partial charge in [0.1, 0.15) is 6.73 Å². The molecule has 142 valence electrons. The Morgan fingerprint density at radius 1 is 1.23 bits per heavy atom. The molecule has 0 amide bonds. The maximum absolute atomic E-state index is 11.4. The van der Waals surface area contributed by atoms with Gasteiger partial charge in [-0.1, -0.05) is 37.3 Å². The standard InChI is InChI=1S/C19H27ClN2O3Si/c1-12-9-13(2)16(19(23)24)10-15(12)17-14(3)18(20)21-22(17)11-25-7-8-26(4,5)6/h9-10H,7-8,11H2,1-6H3,(H,23,24)/p-1. The molecule has 2 rings (SSSR count). The van der Waals surface area contributed by atoms with Gasteiger partial charge in [-0.3, -0.25) is 0 Å². The molecule has 0 saturated heterocycles. The number of aromatic nitrogens is 2. The fourth-order valence-corrected chi connectivity index (χ4v) is 3.75. The number of carbonyl (C=O) groups excluding carboxylic acids is 1. The maximum Gasteiger partial charge on any atom is 0.154 e. The summed E-state index contributed by atoms with van der Waals surface area (Å²) in [6.45, 7) is 13.4. The van der Waals surface area contributed by atoms with Gasteiger partial charge in [0.25, 0.3) is 0 Å². The minimum Gasteiger partial charge on any atom is -0.545 e. The van der Waals surface area contributed by atoms with Gasteiger partial charge < -0.3 is 14.6 Å². The molecule has 0 saturated carbocycles.